The van der Waals surface area contributed by atoms with Crippen molar-refractivity contribution >= 4 is 35.2 Å². The highest BCUT2D eigenvalue weighted by molar-refractivity contribution is 7.99. The van der Waals surface area contributed by atoms with E-state index >= 15 is 0 Å². The van der Waals surface area contributed by atoms with E-state index in [0.29, 0.717) is 43.9 Å². The van der Waals surface area contributed by atoms with E-state index in [0.717, 1.165) is 41.4 Å². The minimum Gasteiger partial charge on any atom is -0.337 e. The van der Waals surface area contributed by atoms with Crippen LogP contribution in [0.3, 0.4) is 0 Å². The van der Waals surface area contributed by atoms with E-state index in [-0.39, 0.29) is 17.7 Å². The van der Waals surface area contributed by atoms with Gasteiger partial charge in [0.05, 0.1) is 13.1 Å². The lowest BCUT2D eigenvalue weighted by molar-refractivity contribution is -0.119. The maximum atomic E-state index is 13.2. The van der Waals surface area contributed by atoms with Crippen LogP contribution in [0.15, 0.2) is 54.6 Å². The van der Waals surface area contributed by atoms with Crippen molar-refractivity contribution in [1.29, 1.82) is 0 Å². The molecule has 0 bridgehead atoms. The van der Waals surface area contributed by atoms with Crippen LogP contribution >= 0.6 is 11.8 Å². The van der Waals surface area contributed by atoms with E-state index < -0.39 is 0 Å². The molecule has 0 atom stereocenters. The van der Waals surface area contributed by atoms with Crippen LogP contribution in [0.5, 0.6) is 0 Å². The Morgan fingerprint density at radius 1 is 0.857 bits per heavy atom. The van der Waals surface area contributed by atoms with Crippen LogP contribution in [0.1, 0.15) is 31.8 Å². The van der Waals surface area contributed by atoms with Crippen molar-refractivity contribution in [3.63, 3.8) is 0 Å². The summed E-state index contributed by atoms with van der Waals surface area (Å²) >= 11 is 1.87. The lowest BCUT2D eigenvalue weighted by atomic mass is 10.1. The molecule has 8 heteroatoms. The first kappa shape index (κ1) is 23.6. The number of hydrogen-bond donors (Lipinski definition) is 0. The van der Waals surface area contributed by atoms with E-state index in [9.17, 15) is 14.4 Å². The summed E-state index contributed by atoms with van der Waals surface area (Å²) in [5.74, 6) is 1.95. The monoisotopic (exact) mass is 490 g/mol. The maximum absolute atomic E-state index is 13.2. The van der Waals surface area contributed by atoms with E-state index in [1.165, 1.54) is 0 Å². The molecule has 2 aromatic rings. The first-order valence-electron chi connectivity index (χ1n) is 12.0. The van der Waals surface area contributed by atoms with Gasteiger partial charge in [-0.15, -0.1) is 0 Å². The van der Waals surface area contributed by atoms with Gasteiger partial charge in [-0.3, -0.25) is 19.3 Å². The first-order chi connectivity index (χ1) is 17.0. The van der Waals surface area contributed by atoms with Gasteiger partial charge in [0.1, 0.15) is 0 Å². The molecule has 35 heavy (non-hydrogen) atoms. The number of nitrogens with zero attached hydrogens (tertiary/aromatic N) is 4. The van der Waals surface area contributed by atoms with Crippen LogP contribution in [0, 0.1) is 0 Å². The highest BCUT2D eigenvalue weighted by Crippen LogP contribution is 2.29. The summed E-state index contributed by atoms with van der Waals surface area (Å²) in [5.41, 5.74) is 4.03. The summed E-state index contributed by atoms with van der Waals surface area (Å²) in [6.07, 6.45) is 3.99. The number of carbonyl (C=O) groups is 3. The predicted molar refractivity (Wildman–Crippen MR) is 139 cm³/mol. The van der Waals surface area contributed by atoms with Crippen molar-refractivity contribution in [2.45, 2.75) is 13.1 Å². The fraction of sp³-hybridized carbons (Fsp3) is 0.370. The molecule has 0 radical (unpaired) electrons. The number of carbonyl (C=O) groups excluding carboxylic acids is 3. The molecule has 0 aromatic heterocycles. The quantitative estimate of drug-likeness (QED) is 0.617. The number of benzene rings is 2. The minimum atomic E-state index is -0.00600. The molecule has 182 valence electrons. The highest BCUT2D eigenvalue weighted by atomic mass is 32.2. The Hall–Kier alpha value is -3.10. The molecule has 7 nitrogen and oxygen atoms in total. The number of rotatable bonds is 4. The minimum absolute atomic E-state index is 0.00600. The molecule has 3 amide bonds. The van der Waals surface area contributed by atoms with Gasteiger partial charge in [0.25, 0.3) is 11.8 Å². The normalized spacial score (nSPS) is 18.5. The first-order valence-corrected chi connectivity index (χ1v) is 13.2. The number of thioether (sulfide) groups is 1. The summed E-state index contributed by atoms with van der Waals surface area (Å²) in [4.78, 5) is 46.5. The molecule has 3 aliphatic rings. The van der Waals surface area contributed by atoms with Crippen LogP contribution in [0.4, 0.5) is 5.69 Å². The van der Waals surface area contributed by atoms with E-state index in [4.69, 9.17) is 0 Å². The molecule has 0 saturated carbocycles. The number of likely N-dealkylation sites (N-methyl/N-ethyl adjacent to an activating group) is 1. The summed E-state index contributed by atoms with van der Waals surface area (Å²) in [6.45, 7) is 4.13. The molecule has 0 unspecified atom stereocenters. The summed E-state index contributed by atoms with van der Waals surface area (Å²) < 4.78 is 0. The molecule has 1 saturated heterocycles. The Balaban J connectivity index is 1.40. The third-order valence-electron chi connectivity index (χ3n) is 6.71. The van der Waals surface area contributed by atoms with Gasteiger partial charge in [-0.05, 0) is 42.4 Å². The van der Waals surface area contributed by atoms with Crippen molar-refractivity contribution in [3.05, 3.63) is 76.9 Å². The van der Waals surface area contributed by atoms with Gasteiger partial charge in [0.15, 0.2) is 0 Å². The largest absolute Gasteiger partial charge is 0.337 e. The molecule has 3 aliphatic heterocycles. The standard InChI is InChI=1S/C27H30N4O3S/c1-28-18-23-9-8-22(27(34)30-12-14-35-15-13-30)16-24(23)31(25(32)19-28)17-20-4-6-21(7-5-20)26(33)29-10-2-3-11-29/h2-9,16H,10-15,17-19H2,1H3. The zero-order valence-corrected chi connectivity index (χ0v) is 20.8. The lowest BCUT2D eigenvalue weighted by Gasteiger charge is -2.28. The maximum Gasteiger partial charge on any atom is 0.254 e. The third kappa shape index (κ3) is 5.13. The number of anilines is 1. The molecular weight excluding hydrogens is 460 g/mol. The van der Waals surface area contributed by atoms with Gasteiger partial charge in [0.2, 0.25) is 5.91 Å². The second-order valence-corrected chi connectivity index (χ2v) is 10.5. The Morgan fingerprint density at radius 3 is 2.23 bits per heavy atom. The summed E-state index contributed by atoms with van der Waals surface area (Å²) in [7, 11) is 1.93. The van der Waals surface area contributed by atoms with Crippen molar-refractivity contribution in [2.24, 2.45) is 0 Å². The topological polar surface area (TPSA) is 64.2 Å². The Labute approximate surface area is 210 Å². The average Bonchev–Trinajstić information content (AvgIpc) is 3.39. The lowest BCUT2D eigenvalue weighted by Crippen LogP contribution is -2.38. The Morgan fingerprint density at radius 2 is 1.51 bits per heavy atom. The average molecular weight is 491 g/mol. The van der Waals surface area contributed by atoms with Gasteiger partial charge < -0.3 is 14.7 Å². The summed E-state index contributed by atoms with van der Waals surface area (Å²) in [6, 6.07) is 13.2. The zero-order chi connectivity index (χ0) is 24.4. The van der Waals surface area contributed by atoms with Crippen LogP contribution in [0.2, 0.25) is 0 Å². The van der Waals surface area contributed by atoms with Gasteiger partial charge in [0, 0.05) is 61.0 Å². The molecule has 3 heterocycles. The fourth-order valence-electron chi connectivity index (χ4n) is 4.76. The van der Waals surface area contributed by atoms with E-state index in [2.05, 4.69) is 0 Å². The van der Waals surface area contributed by atoms with Crippen molar-refractivity contribution < 1.29 is 14.4 Å². The smallest absolute Gasteiger partial charge is 0.254 e. The molecule has 0 spiro atoms. The number of fused-ring (bicyclic) bond motifs is 1. The van der Waals surface area contributed by atoms with Gasteiger partial charge in [-0.2, -0.15) is 11.8 Å². The second-order valence-electron chi connectivity index (χ2n) is 9.28. The van der Waals surface area contributed by atoms with Crippen LogP contribution < -0.4 is 4.90 Å². The van der Waals surface area contributed by atoms with Gasteiger partial charge in [-0.25, -0.2) is 0 Å². The van der Waals surface area contributed by atoms with Crippen molar-refractivity contribution in [1.82, 2.24) is 14.7 Å². The third-order valence-corrected chi connectivity index (χ3v) is 7.66. The zero-order valence-electron chi connectivity index (χ0n) is 20.0. The van der Waals surface area contributed by atoms with Crippen LogP contribution in [0.25, 0.3) is 0 Å². The Bertz CT molecular complexity index is 1150. The molecule has 5 rings (SSSR count). The second kappa shape index (κ2) is 10.3. The summed E-state index contributed by atoms with van der Waals surface area (Å²) in [5, 5.41) is 0. The fourth-order valence-corrected chi connectivity index (χ4v) is 5.67. The highest BCUT2D eigenvalue weighted by Gasteiger charge is 2.27. The van der Waals surface area contributed by atoms with E-state index in [1.807, 2.05) is 83.2 Å². The molecule has 1 fully saturated rings. The van der Waals surface area contributed by atoms with Gasteiger partial charge >= 0.3 is 0 Å². The van der Waals surface area contributed by atoms with Crippen molar-refractivity contribution in [3.8, 4) is 0 Å². The van der Waals surface area contributed by atoms with Crippen LogP contribution in [-0.2, 0) is 17.9 Å². The molecule has 0 aliphatic carbocycles. The Kier molecular flexibility index (Phi) is 6.92. The molecule has 2 aromatic carbocycles. The predicted octanol–water partition coefficient (Wildman–Crippen LogP) is 2.87. The molecule has 0 N–H and O–H groups in total. The van der Waals surface area contributed by atoms with E-state index in [1.54, 1.807) is 9.80 Å². The van der Waals surface area contributed by atoms with Crippen LogP contribution in [-0.4, -0.2) is 83.7 Å². The van der Waals surface area contributed by atoms with Gasteiger partial charge in [-0.1, -0.05) is 30.4 Å². The number of amides is 3. The molecular formula is C27H30N4O3S. The van der Waals surface area contributed by atoms with Crippen molar-refractivity contribution in [2.75, 3.05) is 56.2 Å². The SMILES string of the molecule is CN1CC(=O)N(Cc2ccc(C(=O)N3CC=CC3)cc2)c2cc(C(=O)N3CCSCC3)ccc2C1. The number of hydrogen-bond acceptors (Lipinski definition) is 5.